The van der Waals surface area contributed by atoms with E-state index < -0.39 is 5.38 Å². The first kappa shape index (κ1) is 11.0. The lowest BCUT2D eigenvalue weighted by Gasteiger charge is -2.05. The molecule has 0 N–H and O–H groups in total. The molecule has 1 aromatic carbocycles. The zero-order valence-electron chi connectivity index (χ0n) is 6.85. The number of hydrogen-bond acceptors (Lipinski definition) is 1. The van der Waals surface area contributed by atoms with Crippen molar-refractivity contribution in [1.82, 2.24) is 0 Å². The van der Waals surface area contributed by atoms with Gasteiger partial charge in [0.2, 0.25) is 0 Å². The van der Waals surface area contributed by atoms with E-state index in [0.717, 1.165) is 0 Å². The predicted octanol–water partition coefficient (Wildman–Crippen LogP) is 3.91. The lowest BCUT2D eigenvalue weighted by molar-refractivity contribution is 0.0991. The Morgan fingerprint density at radius 1 is 1.54 bits per heavy atom. The topological polar surface area (TPSA) is 17.1 Å². The number of carbonyl (C=O) groups is 1. The highest BCUT2D eigenvalue weighted by Gasteiger charge is 2.16. The molecule has 0 fully saturated rings. The molecule has 13 heavy (non-hydrogen) atoms. The van der Waals surface area contributed by atoms with E-state index in [1.165, 1.54) is 0 Å². The summed E-state index contributed by atoms with van der Waals surface area (Å²) in [7, 11) is 0. The third kappa shape index (κ3) is 2.46. The number of benzene rings is 1. The summed E-state index contributed by atoms with van der Waals surface area (Å²) in [6, 6.07) is 5.12. The highest BCUT2D eigenvalue weighted by molar-refractivity contribution is 9.10. The molecule has 0 aliphatic carbocycles. The molecule has 0 radical (unpaired) electrons. The van der Waals surface area contributed by atoms with E-state index in [-0.39, 0.29) is 5.78 Å². The van der Waals surface area contributed by atoms with Gasteiger partial charge in [0.15, 0.2) is 5.78 Å². The second-order valence-corrected chi connectivity index (χ2v) is 4.44. The van der Waals surface area contributed by atoms with Gasteiger partial charge >= 0.3 is 0 Å². The number of Topliss-reactive ketones (excluding diaryl/α,β-unsaturated/α-hetero) is 1. The SMILES string of the molecule is CC(Cl)C(=O)c1cccc(Cl)c1Br. The van der Waals surface area contributed by atoms with Crippen molar-refractivity contribution in [2.75, 3.05) is 0 Å². The first-order valence-corrected chi connectivity index (χ1v) is 5.27. The fourth-order valence-electron chi connectivity index (χ4n) is 0.908. The lowest BCUT2D eigenvalue weighted by atomic mass is 10.1. The molecule has 0 amide bonds. The van der Waals surface area contributed by atoms with E-state index in [1.807, 2.05) is 0 Å². The average molecular weight is 282 g/mol. The summed E-state index contributed by atoms with van der Waals surface area (Å²) in [5.41, 5.74) is 0.523. The zero-order chi connectivity index (χ0) is 10.0. The molecule has 1 rings (SSSR count). The maximum absolute atomic E-state index is 11.5. The number of halogens is 3. The minimum atomic E-state index is -0.533. The average Bonchev–Trinajstić information content (AvgIpc) is 2.08. The van der Waals surface area contributed by atoms with E-state index in [4.69, 9.17) is 23.2 Å². The van der Waals surface area contributed by atoms with Gasteiger partial charge in [-0.1, -0.05) is 23.7 Å². The molecule has 0 aromatic heterocycles. The smallest absolute Gasteiger partial charge is 0.181 e. The van der Waals surface area contributed by atoms with Gasteiger partial charge in [-0.25, -0.2) is 0 Å². The van der Waals surface area contributed by atoms with Crippen molar-refractivity contribution in [2.45, 2.75) is 12.3 Å². The molecular formula is C9H7BrCl2O. The quantitative estimate of drug-likeness (QED) is 0.593. The van der Waals surface area contributed by atoms with Crippen LogP contribution in [-0.2, 0) is 0 Å². The van der Waals surface area contributed by atoms with Gasteiger partial charge in [-0.15, -0.1) is 11.6 Å². The van der Waals surface area contributed by atoms with E-state index in [0.29, 0.717) is 15.1 Å². The molecule has 1 unspecified atom stereocenters. The molecule has 4 heteroatoms. The molecule has 0 heterocycles. The summed E-state index contributed by atoms with van der Waals surface area (Å²) < 4.78 is 0.606. The lowest BCUT2D eigenvalue weighted by Crippen LogP contribution is -2.11. The maximum Gasteiger partial charge on any atom is 0.181 e. The molecule has 0 aliphatic heterocycles. The van der Waals surface area contributed by atoms with Crippen molar-refractivity contribution < 1.29 is 4.79 Å². The van der Waals surface area contributed by atoms with Crippen molar-refractivity contribution >= 4 is 44.9 Å². The largest absolute Gasteiger partial charge is 0.292 e. The van der Waals surface area contributed by atoms with E-state index in [2.05, 4.69) is 15.9 Å². The molecule has 0 saturated carbocycles. The van der Waals surface area contributed by atoms with Crippen LogP contribution in [0.15, 0.2) is 22.7 Å². The van der Waals surface area contributed by atoms with Crippen LogP contribution in [0.25, 0.3) is 0 Å². The van der Waals surface area contributed by atoms with Crippen LogP contribution >= 0.6 is 39.1 Å². The fraction of sp³-hybridized carbons (Fsp3) is 0.222. The second-order valence-electron chi connectivity index (χ2n) is 2.58. The molecular weight excluding hydrogens is 275 g/mol. The fourth-order valence-corrected chi connectivity index (χ4v) is 1.66. The summed E-state index contributed by atoms with van der Waals surface area (Å²) in [6.45, 7) is 1.64. The van der Waals surface area contributed by atoms with Crippen LogP contribution in [0.3, 0.4) is 0 Å². The van der Waals surface area contributed by atoms with Gasteiger partial charge in [-0.05, 0) is 28.9 Å². The molecule has 0 bridgehead atoms. The highest BCUT2D eigenvalue weighted by Crippen LogP contribution is 2.27. The van der Waals surface area contributed by atoms with Gasteiger partial charge in [0, 0.05) is 10.0 Å². The Labute approximate surface area is 95.2 Å². The minimum absolute atomic E-state index is 0.129. The molecule has 0 spiro atoms. The van der Waals surface area contributed by atoms with Crippen LogP contribution in [-0.4, -0.2) is 11.2 Å². The monoisotopic (exact) mass is 280 g/mol. The number of ketones is 1. The Kier molecular flexibility index (Phi) is 3.77. The number of carbonyl (C=O) groups excluding carboxylic acids is 1. The van der Waals surface area contributed by atoms with Gasteiger partial charge in [0.25, 0.3) is 0 Å². The van der Waals surface area contributed by atoms with Crippen molar-refractivity contribution in [3.63, 3.8) is 0 Å². The first-order valence-electron chi connectivity index (χ1n) is 3.66. The highest BCUT2D eigenvalue weighted by atomic mass is 79.9. The number of alkyl halides is 1. The van der Waals surface area contributed by atoms with Crippen molar-refractivity contribution in [3.8, 4) is 0 Å². The summed E-state index contributed by atoms with van der Waals surface area (Å²) in [4.78, 5) is 11.5. The summed E-state index contributed by atoms with van der Waals surface area (Å²) >= 11 is 14.7. The predicted molar refractivity (Wildman–Crippen MR) is 58.8 cm³/mol. The summed E-state index contributed by atoms with van der Waals surface area (Å²) in [5.74, 6) is -0.129. The standard InChI is InChI=1S/C9H7BrCl2O/c1-5(11)9(13)6-3-2-4-7(12)8(6)10/h2-5H,1H3. The van der Waals surface area contributed by atoms with Crippen LogP contribution in [0.4, 0.5) is 0 Å². The Morgan fingerprint density at radius 2 is 2.15 bits per heavy atom. The Bertz CT molecular complexity index is 336. The molecule has 1 atom stereocenters. The Balaban J connectivity index is 3.15. The first-order chi connectivity index (χ1) is 6.04. The number of rotatable bonds is 2. The van der Waals surface area contributed by atoms with E-state index >= 15 is 0 Å². The Morgan fingerprint density at radius 3 is 2.69 bits per heavy atom. The third-order valence-electron chi connectivity index (χ3n) is 1.58. The van der Waals surface area contributed by atoms with Gasteiger partial charge in [-0.3, -0.25) is 4.79 Å². The molecule has 1 nitrogen and oxygen atoms in total. The second kappa shape index (κ2) is 4.45. The van der Waals surface area contributed by atoms with E-state index in [1.54, 1.807) is 25.1 Å². The normalized spacial score (nSPS) is 12.6. The van der Waals surface area contributed by atoms with E-state index in [9.17, 15) is 4.79 Å². The number of hydrogen-bond donors (Lipinski definition) is 0. The van der Waals surface area contributed by atoms with Crippen LogP contribution in [0, 0.1) is 0 Å². The van der Waals surface area contributed by atoms with Crippen molar-refractivity contribution in [1.29, 1.82) is 0 Å². The molecule has 1 aromatic rings. The van der Waals surface area contributed by atoms with Crippen molar-refractivity contribution in [3.05, 3.63) is 33.3 Å². The molecule has 0 aliphatic rings. The van der Waals surface area contributed by atoms with Gasteiger partial charge in [0.1, 0.15) is 0 Å². The molecule has 0 saturated heterocycles. The molecule has 70 valence electrons. The van der Waals surface area contributed by atoms with Crippen LogP contribution in [0.2, 0.25) is 5.02 Å². The van der Waals surface area contributed by atoms with Gasteiger partial charge < -0.3 is 0 Å². The van der Waals surface area contributed by atoms with Crippen molar-refractivity contribution in [2.24, 2.45) is 0 Å². The third-order valence-corrected chi connectivity index (χ3v) is 3.17. The Hall–Kier alpha value is -0.0500. The van der Waals surface area contributed by atoms with Crippen LogP contribution in [0.1, 0.15) is 17.3 Å². The summed E-state index contributed by atoms with van der Waals surface area (Å²) in [5, 5.41) is -0.0158. The zero-order valence-corrected chi connectivity index (χ0v) is 9.95. The van der Waals surface area contributed by atoms with Gasteiger partial charge in [0.05, 0.1) is 10.4 Å². The van der Waals surface area contributed by atoms with Crippen LogP contribution < -0.4 is 0 Å². The summed E-state index contributed by atoms with van der Waals surface area (Å²) in [6.07, 6.45) is 0. The maximum atomic E-state index is 11.5. The van der Waals surface area contributed by atoms with Crippen LogP contribution in [0.5, 0.6) is 0 Å². The van der Waals surface area contributed by atoms with Gasteiger partial charge in [-0.2, -0.15) is 0 Å². The minimum Gasteiger partial charge on any atom is -0.292 e.